The SMILES string of the molecule is COC1CCCN1/C=C1\C(=O)Nc2cc(C)cc(P(=O)(OC)OC)c21. The van der Waals surface area contributed by atoms with Crippen LogP contribution >= 0.6 is 7.60 Å². The highest BCUT2D eigenvalue weighted by molar-refractivity contribution is 7.62. The smallest absolute Gasteiger partial charge is 0.361 e. The molecule has 1 N–H and O–H groups in total. The number of hydrogen-bond donors (Lipinski definition) is 1. The average Bonchev–Trinajstić information content (AvgIpc) is 3.17. The minimum atomic E-state index is -3.52. The van der Waals surface area contributed by atoms with Crippen LogP contribution in [0.15, 0.2) is 18.3 Å². The van der Waals surface area contributed by atoms with Gasteiger partial charge in [0, 0.05) is 39.6 Å². The summed E-state index contributed by atoms with van der Waals surface area (Å²) in [5, 5.41) is 3.24. The Morgan fingerprint density at radius 2 is 2.00 bits per heavy atom. The van der Waals surface area contributed by atoms with E-state index in [1.54, 1.807) is 19.4 Å². The Morgan fingerprint density at radius 3 is 2.64 bits per heavy atom. The minimum Gasteiger partial charge on any atom is -0.362 e. The van der Waals surface area contributed by atoms with Gasteiger partial charge in [-0.05, 0) is 37.5 Å². The Labute approximate surface area is 147 Å². The largest absolute Gasteiger partial charge is 0.362 e. The second kappa shape index (κ2) is 6.92. The molecule has 2 aliphatic heterocycles. The zero-order chi connectivity index (χ0) is 18.2. The molecule has 1 atom stereocenters. The van der Waals surface area contributed by atoms with E-state index in [0.717, 1.165) is 24.9 Å². The molecule has 136 valence electrons. The molecule has 0 radical (unpaired) electrons. The van der Waals surface area contributed by atoms with Gasteiger partial charge in [-0.15, -0.1) is 0 Å². The molecule has 1 amide bonds. The van der Waals surface area contributed by atoms with Crippen molar-refractivity contribution in [2.24, 2.45) is 0 Å². The first-order chi connectivity index (χ1) is 11.9. The number of carbonyl (C=O) groups is 1. The van der Waals surface area contributed by atoms with Gasteiger partial charge in [-0.3, -0.25) is 9.36 Å². The normalized spacial score (nSPS) is 21.8. The minimum absolute atomic E-state index is 0.0603. The molecule has 0 bridgehead atoms. The number of fused-ring (bicyclic) bond motifs is 1. The van der Waals surface area contributed by atoms with E-state index >= 15 is 0 Å². The van der Waals surface area contributed by atoms with Gasteiger partial charge in [-0.1, -0.05) is 0 Å². The molecule has 1 aromatic carbocycles. The predicted octanol–water partition coefficient (Wildman–Crippen LogP) is 2.47. The number of hydrogen-bond acceptors (Lipinski definition) is 6. The standard InChI is InChI=1S/C17H23N2O5P/c1-11-8-13-16(14(9-11)25(21,23-3)24-4)12(17(20)18-13)10-19-7-5-6-15(19)22-2/h8-10,15H,5-7H2,1-4H3,(H,18,20)/b12-10-. The number of carbonyl (C=O) groups excluding carboxylic acids is 1. The van der Waals surface area contributed by atoms with E-state index in [1.807, 2.05) is 17.9 Å². The van der Waals surface area contributed by atoms with Crippen molar-refractivity contribution >= 4 is 30.1 Å². The number of ether oxygens (including phenoxy) is 1. The highest BCUT2D eigenvalue weighted by atomic mass is 31.2. The number of nitrogens with zero attached hydrogens (tertiary/aromatic N) is 1. The fourth-order valence-electron chi connectivity index (χ4n) is 3.39. The van der Waals surface area contributed by atoms with Gasteiger partial charge in [0.25, 0.3) is 5.91 Å². The van der Waals surface area contributed by atoms with Gasteiger partial charge in [0.15, 0.2) is 0 Å². The van der Waals surface area contributed by atoms with Crippen LogP contribution in [-0.4, -0.2) is 44.9 Å². The maximum atomic E-state index is 13.0. The Balaban J connectivity index is 2.15. The maximum absolute atomic E-state index is 13.0. The van der Waals surface area contributed by atoms with E-state index in [-0.39, 0.29) is 12.1 Å². The summed E-state index contributed by atoms with van der Waals surface area (Å²) in [5.74, 6) is -0.234. The molecule has 0 saturated carbocycles. The molecule has 1 saturated heterocycles. The summed E-state index contributed by atoms with van der Waals surface area (Å²) in [5.41, 5.74) is 2.50. The van der Waals surface area contributed by atoms with Crippen LogP contribution in [0.3, 0.4) is 0 Å². The zero-order valence-electron chi connectivity index (χ0n) is 14.9. The summed E-state index contributed by atoms with van der Waals surface area (Å²) < 4.78 is 28.8. The Hall–Kier alpha value is -1.66. The molecular weight excluding hydrogens is 343 g/mol. The lowest BCUT2D eigenvalue weighted by Crippen LogP contribution is -2.26. The van der Waals surface area contributed by atoms with Gasteiger partial charge < -0.3 is 24.0 Å². The molecular formula is C17H23N2O5P. The average molecular weight is 366 g/mol. The first-order valence-electron chi connectivity index (χ1n) is 8.12. The van der Waals surface area contributed by atoms with Crippen LogP contribution in [0.4, 0.5) is 5.69 Å². The second-order valence-electron chi connectivity index (χ2n) is 6.14. The van der Waals surface area contributed by atoms with Gasteiger partial charge in [-0.2, -0.15) is 0 Å². The van der Waals surface area contributed by atoms with E-state index in [1.165, 1.54) is 14.2 Å². The van der Waals surface area contributed by atoms with Crippen molar-refractivity contribution in [3.05, 3.63) is 29.5 Å². The Kier molecular flexibility index (Phi) is 5.02. The summed E-state index contributed by atoms with van der Waals surface area (Å²) in [7, 11) is 0.823. The van der Waals surface area contributed by atoms with Crippen molar-refractivity contribution in [1.29, 1.82) is 0 Å². The van der Waals surface area contributed by atoms with Crippen molar-refractivity contribution in [3.63, 3.8) is 0 Å². The molecule has 0 spiro atoms. The monoisotopic (exact) mass is 366 g/mol. The summed E-state index contributed by atoms with van der Waals surface area (Å²) in [6.07, 6.45) is 3.63. The number of anilines is 1. The molecule has 1 unspecified atom stereocenters. The molecule has 1 fully saturated rings. The number of amides is 1. The van der Waals surface area contributed by atoms with Crippen molar-refractivity contribution in [1.82, 2.24) is 4.90 Å². The van der Waals surface area contributed by atoms with Crippen molar-refractivity contribution in [2.45, 2.75) is 26.0 Å². The number of benzene rings is 1. The Morgan fingerprint density at radius 1 is 1.28 bits per heavy atom. The van der Waals surface area contributed by atoms with E-state index in [9.17, 15) is 9.36 Å². The molecule has 7 nitrogen and oxygen atoms in total. The molecule has 3 rings (SSSR count). The van der Waals surface area contributed by atoms with Crippen molar-refractivity contribution < 1.29 is 23.1 Å². The summed E-state index contributed by atoms with van der Waals surface area (Å²) in [6, 6.07) is 3.60. The van der Waals surface area contributed by atoms with Crippen molar-refractivity contribution in [2.75, 3.05) is 33.2 Å². The number of likely N-dealkylation sites (tertiary alicyclic amines) is 1. The summed E-state index contributed by atoms with van der Waals surface area (Å²) in [6.45, 7) is 2.67. The van der Waals surface area contributed by atoms with Gasteiger partial charge in [0.2, 0.25) is 0 Å². The quantitative estimate of drug-likeness (QED) is 0.637. The van der Waals surface area contributed by atoms with E-state index in [0.29, 0.717) is 22.1 Å². The van der Waals surface area contributed by atoms with Crippen LogP contribution in [0.25, 0.3) is 5.57 Å². The maximum Gasteiger partial charge on any atom is 0.361 e. The number of methoxy groups -OCH3 is 1. The van der Waals surface area contributed by atoms with Crippen LogP contribution in [0, 0.1) is 6.92 Å². The van der Waals surface area contributed by atoms with Gasteiger partial charge in [-0.25, -0.2) is 0 Å². The number of aryl methyl sites for hydroxylation is 1. The third kappa shape index (κ3) is 3.13. The van der Waals surface area contributed by atoms with Crippen molar-refractivity contribution in [3.8, 4) is 0 Å². The zero-order valence-corrected chi connectivity index (χ0v) is 15.8. The molecule has 2 aliphatic rings. The third-order valence-electron chi connectivity index (χ3n) is 4.60. The van der Waals surface area contributed by atoms with E-state index < -0.39 is 7.60 Å². The van der Waals surface area contributed by atoms with Crippen LogP contribution < -0.4 is 10.6 Å². The molecule has 0 aliphatic carbocycles. The number of rotatable bonds is 5. The fraction of sp³-hybridized carbons (Fsp3) is 0.471. The molecule has 8 heteroatoms. The van der Waals surface area contributed by atoms with E-state index in [4.69, 9.17) is 13.8 Å². The first-order valence-corrected chi connectivity index (χ1v) is 9.66. The Bertz CT molecular complexity index is 769. The summed E-state index contributed by atoms with van der Waals surface area (Å²) in [4.78, 5) is 14.6. The van der Waals surface area contributed by atoms with Crippen LogP contribution in [0.1, 0.15) is 24.0 Å². The molecule has 0 aromatic heterocycles. The lowest BCUT2D eigenvalue weighted by atomic mass is 10.1. The highest BCUT2D eigenvalue weighted by Gasteiger charge is 2.37. The summed E-state index contributed by atoms with van der Waals surface area (Å²) >= 11 is 0. The van der Waals surface area contributed by atoms with Gasteiger partial charge in [0.1, 0.15) is 6.23 Å². The predicted molar refractivity (Wildman–Crippen MR) is 95.8 cm³/mol. The van der Waals surface area contributed by atoms with Crippen LogP contribution in [-0.2, 0) is 23.1 Å². The van der Waals surface area contributed by atoms with Gasteiger partial charge in [0.05, 0.1) is 16.6 Å². The highest BCUT2D eigenvalue weighted by Crippen LogP contribution is 2.49. The lowest BCUT2D eigenvalue weighted by Gasteiger charge is -2.22. The fourth-order valence-corrected chi connectivity index (χ4v) is 4.81. The first kappa shape index (κ1) is 18.1. The molecule has 1 aromatic rings. The molecule has 2 heterocycles. The van der Waals surface area contributed by atoms with Gasteiger partial charge >= 0.3 is 7.60 Å². The lowest BCUT2D eigenvalue weighted by molar-refractivity contribution is -0.110. The topological polar surface area (TPSA) is 77.1 Å². The third-order valence-corrected chi connectivity index (χ3v) is 6.51. The molecule has 25 heavy (non-hydrogen) atoms. The second-order valence-corrected chi connectivity index (χ2v) is 8.34. The van der Waals surface area contributed by atoms with Crippen LogP contribution in [0.2, 0.25) is 0 Å². The van der Waals surface area contributed by atoms with Crippen LogP contribution in [0.5, 0.6) is 0 Å². The number of nitrogens with one attached hydrogen (secondary N) is 1. The van der Waals surface area contributed by atoms with E-state index in [2.05, 4.69) is 5.32 Å².